The molecule has 0 radical (unpaired) electrons. The molecule has 1 amide bonds. The molecule has 0 heterocycles. The van der Waals surface area contributed by atoms with Crippen molar-refractivity contribution in [2.75, 3.05) is 0 Å². The number of aliphatic hydroxyl groups is 1. The van der Waals surface area contributed by atoms with Gasteiger partial charge in [-0.05, 0) is 17.2 Å². The minimum atomic E-state index is -1.84. The highest BCUT2D eigenvalue weighted by atomic mass is 79.9. The molecular formula is C21H17BrN2O2. The van der Waals surface area contributed by atoms with Gasteiger partial charge in [0.1, 0.15) is 0 Å². The standard InChI is InChI=1S/C21H17BrN2O2/c22-19-14-8-7-9-16(19)15-23-24-20(25)21(26,17-10-3-1-4-11-17)18-12-5-2-6-13-18/h1-15,26H,(H,24,25)/b23-15-. The number of carbonyl (C=O) groups is 1. The zero-order valence-corrected chi connectivity index (χ0v) is 15.4. The van der Waals surface area contributed by atoms with E-state index < -0.39 is 11.5 Å². The highest BCUT2D eigenvalue weighted by Crippen LogP contribution is 2.29. The van der Waals surface area contributed by atoms with Crippen LogP contribution in [0.15, 0.2) is 94.5 Å². The van der Waals surface area contributed by atoms with E-state index in [1.807, 2.05) is 36.4 Å². The number of nitrogens with zero attached hydrogens (tertiary/aromatic N) is 1. The van der Waals surface area contributed by atoms with Gasteiger partial charge in [0.15, 0.2) is 5.60 Å². The fourth-order valence-electron chi connectivity index (χ4n) is 2.61. The number of benzene rings is 3. The first-order chi connectivity index (χ1) is 12.6. The number of nitrogens with one attached hydrogen (secondary N) is 1. The Morgan fingerprint density at radius 2 is 1.38 bits per heavy atom. The molecule has 3 aromatic carbocycles. The molecule has 0 bridgehead atoms. The van der Waals surface area contributed by atoms with E-state index in [0.29, 0.717) is 11.1 Å². The largest absolute Gasteiger partial charge is 0.372 e. The highest BCUT2D eigenvalue weighted by molar-refractivity contribution is 9.10. The number of hydrogen-bond donors (Lipinski definition) is 2. The van der Waals surface area contributed by atoms with Gasteiger partial charge >= 0.3 is 0 Å². The van der Waals surface area contributed by atoms with Crippen LogP contribution in [0.4, 0.5) is 0 Å². The van der Waals surface area contributed by atoms with Gasteiger partial charge in [0.05, 0.1) is 6.21 Å². The van der Waals surface area contributed by atoms with Crippen LogP contribution >= 0.6 is 15.9 Å². The quantitative estimate of drug-likeness (QED) is 0.497. The number of rotatable bonds is 5. The summed E-state index contributed by atoms with van der Waals surface area (Å²) >= 11 is 3.42. The summed E-state index contributed by atoms with van der Waals surface area (Å²) < 4.78 is 0.861. The molecule has 0 saturated heterocycles. The number of hydrogen-bond acceptors (Lipinski definition) is 3. The van der Waals surface area contributed by atoms with Crippen LogP contribution < -0.4 is 5.43 Å². The number of hydrazone groups is 1. The molecule has 0 unspecified atom stereocenters. The second kappa shape index (κ2) is 8.08. The first kappa shape index (κ1) is 18.0. The summed E-state index contributed by atoms with van der Waals surface area (Å²) in [5, 5.41) is 15.3. The van der Waals surface area contributed by atoms with Crippen molar-refractivity contribution < 1.29 is 9.90 Å². The lowest BCUT2D eigenvalue weighted by molar-refractivity contribution is -0.136. The van der Waals surface area contributed by atoms with Gasteiger partial charge in [-0.3, -0.25) is 4.79 Å². The van der Waals surface area contributed by atoms with E-state index in [-0.39, 0.29) is 0 Å². The minimum absolute atomic E-state index is 0.472. The smallest absolute Gasteiger partial charge is 0.281 e. The molecule has 0 aliphatic carbocycles. The summed E-state index contributed by atoms with van der Waals surface area (Å²) in [6.07, 6.45) is 1.53. The Kier molecular flexibility index (Phi) is 5.61. The third kappa shape index (κ3) is 3.74. The van der Waals surface area contributed by atoms with Crippen LogP contribution in [0.1, 0.15) is 16.7 Å². The highest BCUT2D eigenvalue weighted by Gasteiger charge is 2.39. The summed E-state index contributed by atoms with van der Waals surface area (Å²) in [7, 11) is 0. The summed E-state index contributed by atoms with van der Waals surface area (Å²) in [5.41, 5.74) is 2.38. The summed E-state index contributed by atoms with van der Waals surface area (Å²) in [6, 6.07) is 25.1. The van der Waals surface area contributed by atoms with E-state index in [1.54, 1.807) is 48.5 Å². The molecular weight excluding hydrogens is 392 g/mol. The molecule has 0 fully saturated rings. The molecule has 130 valence electrons. The van der Waals surface area contributed by atoms with E-state index in [1.165, 1.54) is 6.21 Å². The zero-order valence-electron chi connectivity index (χ0n) is 13.8. The van der Waals surface area contributed by atoms with Gasteiger partial charge in [-0.15, -0.1) is 0 Å². The molecule has 5 heteroatoms. The fraction of sp³-hybridized carbons (Fsp3) is 0.0476. The van der Waals surface area contributed by atoms with E-state index in [0.717, 1.165) is 10.0 Å². The van der Waals surface area contributed by atoms with Gasteiger partial charge in [-0.2, -0.15) is 5.10 Å². The summed E-state index contributed by atoms with van der Waals surface area (Å²) in [5.74, 6) is -0.627. The van der Waals surface area contributed by atoms with Gasteiger partial charge in [0.25, 0.3) is 5.91 Å². The molecule has 3 aromatic rings. The van der Waals surface area contributed by atoms with Crippen LogP contribution in [-0.2, 0) is 10.4 Å². The Hall–Kier alpha value is -2.76. The lowest BCUT2D eigenvalue weighted by Crippen LogP contribution is -2.43. The van der Waals surface area contributed by atoms with E-state index in [2.05, 4.69) is 26.5 Å². The lowest BCUT2D eigenvalue weighted by Gasteiger charge is -2.27. The Labute approximate surface area is 160 Å². The van der Waals surface area contributed by atoms with Crippen LogP contribution in [-0.4, -0.2) is 17.2 Å². The molecule has 0 atom stereocenters. The normalized spacial score (nSPS) is 11.5. The van der Waals surface area contributed by atoms with Crippen molar-refractivity contribution in [3.05, 3.63) is 106 Å². The van der Waals surface area contributed by atoms with Crippen molar-refractivity contribution in [1.29, 1.82) is 0 Å². The summed E-state index contributed by atoms with van der Waals surface area (Å²) in [4.78, 5) is 12.9. The molecule has 0 spiro atoms. The molecule has 0 aliphatic heterocycles. The maximum atomic E-state index is 12.9. The van der Waals surface area contributed by atoms with Crippen molar-refractivity contribution in [3.63, 3.8) is 0 Å². The first-order valence-electron chi connectivity index (χ1n) is 8.04. The van der Waals surface area contributed by atoms with Crippen LogP contribution in [0.5, 0.6) is 0 Å². The van der Waals surface area contributed by atoms with Crippen LogP contribution in [0, 0.1) is 0 Å². The molecule has 26 heavy (non-hydrogen) atoms. The fourth-order valence-corrected chi connectivity index (χ4v) is 3.00. The van der Waals surface area contributed by atoms with Crippen molar-refractivity contribution in [1.82, 2.24) is 5.43 Å². The van der Waals surface area contributed by atoms with E-state index in [4.69, 9.17) is 0 Å². The van der Waals surface area contributed by atoms with Crippen LogP contribution in [0.3, 0.4) is 0 Å². The summed E-state index contributed by atoms with van der Waals surface area (Å²) in [6.45, 7) is 0. The van der Waals surface area contributed by atoms with Crippen molar-refractivity contribution in [2.45, 2.75) is 5.60 Å². The minimum Gasteiger partial charge on any atom is -0.372 e. The molecule has 0 aliphatic rings. The predicted molar refractivity (Wildman–Crippen MR) is 106 cm³/mol. The van der Waals surface area contributed by atoms with Gasteiger partial charge < -0.3 is 5.11 Å². The SMILES string of the molecule is O=C(N/N=C\c1ccccc1Br)C(O)(c1ccccc1)c1ccccc1. The monoisotopic (exact) mass is 408 g/mol. The average Bonchev–Trinajstić information content (AvgIpc) is 2.70. The molecule has 3 rings (SSSR count). The van der Waals surface area contributed by atoms with Crippen LogP contribution in [0.25, 0.3) is 0 Å². The van der Waals surface area contributed by atoms with Crippen LogP contribution in [0.2, 0.25) is 0 Å². The van der Waals surface area contributed by atoms with Gasteiger partial charge in [-0.25, -0.2) is 5.43 Å². The predicted octanol–water partition coefficient (Wildman–Crippen LogP) is 3.84. The van der Waals surface area contributed by atoms with E-state index in [9.17, 15) is 9.90 Å². The van der Waals surface area contributed by atoms with Gasteiger partial charge in [0, 0.05) is 10.0 Å². The molecule has 0 saturated carbocycles. The molecule has 0 aromatic heterocycles. The second-order valence-corrected chi connectivity index (χ2v) is 6.52. The maximum absolute atomic E-state index is 12.9. The number of carbonyl (C=O) groups excluding carboxylic acids is 1. The Morgan fingerprint density at radius 1 is 0.885 bits per heavy atom. The van der Waals surface area contributed by atoms with Crippen molar-refractivity contribution in [3.8, 4) is 0 Å². The number of amides is 1. The Bertz CT molecular complexity index is 872. The van der Waals surface area contributed by atoms with E-state index >= 15 is 0 Å². The van der Waals surface area contributed by atoms with Crippen molar-refractivity contribution >= 4 is 28.1 Å². The zero-order chi connectivity index (χ0) is 18.4. The lowest BCUT2D eigenvalue weighted by atomic mass is 9.85. The topological polar surface area (TPSA) is 61.7 Å². The Morgan fingerprint density at radius 3 is 1.92 bits per heavy atom. The third-order valence-electron chi connectivity index (χ3n) is 3.99. The molecule has 4 nitrogen and oxygen atoms in total. The first-order valence-corrected chi connectivity index (χ1v) is 8.83. The Balaban J connectivity index is 1.90. The van der Waals surface area contributed by atoms with Gasteiger partial charge in [-0.1, -0.05) is 94.8 Å². The maximum Gasteiger partial charge on any atom is 0.281 e. The van der Waals surface area contributed by atoms with Crippen molar-refractivity contribution in [2.24, 2.45) is 5.10 Å². The number of halogens is 1. The second-order valence-electron chi connectivity index (χ2n) is 5.66. The molecule has 2 N–H and O–H groups in total. The van der Waals surface area contributed by atoms with Gasteiger partial charge in [0.2, 0.25) is 0 Å². The third-order valence-corrected chi connectivity index (χ3v) is 4.71. The average molecular weight is 409 g/mol.